The first-order chi connectivity index (χ1) is 8.61. The molecule has 2 nitrogen and oxygen atoms in total. The zero-order valence-corrected chi connectivity index (χ0v) is 12.2. The van der Waals surface area contributed by atoms with Crippen molar-refractivity contribution in [1.82, 2.24) is 0 Å². The van der Waals surface area contributed by atoms with Crippen LogP contribution in [-0.4, -0.2) is 18.2 Å². The fourth-order valence-corrected chi connectivity index (χ4v) is 2.46. The van der Waals surface area contributed by atoms with Crippen molar-refractivity contribution in [2.45, 2.75) is 25.9 Å². The molecule has 0 spiro atoms. The Morgan fingerprint density at radius 2 is 2.28 bits per heavy atom. The average molecular weight is 308 g/mol. The molecular formula is C15H18BrNO. The molecule has 1 aromatic carbocycles. The van der Waals surface area contributed by atoms with Crippen molar-refractivity contribution >= 4 is 21.6 Å². The normalized spacial score (nSPS) is 16.1. The number of anilines is 1. The fourth-order valence-electron chi connectivity index (χ4n) is 2.11. The van der Waals surface area contributed by atoms with Crippen LogP contribution in [-0.2, 0) is 0 Å². The Balaban J connectivity index is 2.31. The number of halogens is 1. The Morgan fingerprint density at radius 3 is 2.83 bits per heavy atom. The maximum absolute atomic E-state index is 9.87. The molecule has 96 valence electrons. The Morgan fingerprint density at radius 1 is 1.56 bits per heavy atom. The molecule has 1 unspecified atom stereocenters. The SMILES string of the molecule is C#CCN(CC1CC1)c1cc(Br)ccc1C(C)O. The topological polar surface area (TPSA) is 23.5 Å². The van der Waals surface area contributed by atoms with E-state index in [0.29, 0.717) is 6.54 Å². The highest BCUT2D eigenvalue weighted by atomic mass is 79.9. The summed E-state index contributed by atoms with van der Waals surface area (Å²) < 4.78 is 1.01. The maximum Gasteiger partial charge on any atom is 0.0791 e. The van der Waals surface area contributed by atoms with Gasteiger partial charge in [0.2, 0.25) is 0 Å². The minimum Gasteiger partial charge on any atom is -0.389 e. The number of aliphatic hydroxyl groups is 1. The maximum atomic E-state index is 9.87. The number of nitrogens with zero attached hydrogens (tertiary/aromatic N) is 1. The lowest BCUT2D eigenvalue weighted by Crippen LogP contribution is -2.27. The molecule has 0 saturated heterocycles. The Labute approximate surface area is 117 Å². The molecule has 1 aliphatic carbocycles. The van der Waals surface area contributed by atoms with Crippen molar-refractivity contribution in [3.05, 3.63) is 28.2 Å². The summed E-state index contributed by atoms with van der Waals surface area (Å²) in [5.74, 6) is 3.48. The van der Waals surface area contributed by atoms with Crippen LogP contribution in [0.5, 0.6) is 0 Å². The third-order valence-corrected chi connectivity index (χ3v) is 3.73. The van der Waals surface area contributed by atoms with Gasteiger partial charge in [-0.05, 0) is 37.8 Å². The van der Waals surface area contributed by atoms with Crippen LogP contribution in [0, 0.1) is 18.3 Å². The van der Waals surface area contributed by atoms with E-state index < -0.39 is 6.10 Å². The molecule has 1 saturated carbocycles. The zero-order chi connectivity index (χ0) is 13.1. The Hall–Kier alpha value is -0.980. The van der Waals surface area contributed by atoms with Gasteiger partial charge in [0.25, 0.3) is 0 Å². The minimum absolute atomic E-state index is 0.479. The highest BCUT2D eigenvalue weighted by Gasteiger charge is 2.25. The molecule has 18 heavy (non-hydrogen) atoms. The van der Waals surface area contributed by atoms with Crippen molar-refractivity contribution in [3.63, 3.8) is 0 Å². The number of terminal acetylenes is 1. The van der Waals surface area contributed by atoms with Crippen molar-refractivity contribution in [2.75, 3.05) is 18.0 Å². The van der Waals surface area contributed by atoms with Gasteiger partial charge >= 0.3 is 0 Å². The monoisotopic (exact) mass is 307 g/mol. The lowest BCUT2D eigenvalue weighted by molar-refractivity contribution is 0.199. The first-order valence-corrected chi connectivity index (χ1v) is 7.07. The second-order valence-corrected chi connectivity index (χ2v) is 5.82. The molecule has 0 heterocycles. The van der Waals surface area contributed by atoms with E-state index in [9.17, 15) is 5.11 Å². The van der Waals surface area contributed by atoms with Gasteiger partial charge in [-0.15, -0.1) is 6.42 Å². The minimum atomic E-state index is -0.479. The fraction of sp³-hybridized carbons (Fsp3) is 0.467. The Bertz CT molecular complexity index is 460. The molecule has 0 amide bonds. The molecule has 2 rings (SSSR count). The molecule has 1 N–H and O–H groups in total. The first kappa shape index (κ1) is 13.5. The van der Waals surface area contributed by atoms with Gasteiger partial charge in [-0.1, -0.05) is 27.9 Å². The average Bonchev–Trinajstić information content (AvgIpc) is 3.12. The predicted octanol–water partition coefficient (Wildman–Crippen LogP) is 3.35. The summed E-state index contributed by atoms with van der Waals surface area (Å²) in [7, 11) is 0. The summed E-state index contributed by atoms with van der Waals surface area (Å²) in [6.07, 6.45) is 7.56. The predicted molar refractivity (Wildman–Crippen MR) is 78.5 cm³/mol. The summed E-state index contributed by atoms with van der Waals surface area (Å²) in [6, 6.07) is 5.96. The number of benzene rings is 1. The highest BCUT2D eigenvalue weighted by Crippen LogP contribution is 2.35. The number of hydrogen-bond acceptors (Lipinski definition) is 2. The number of hydrogen-bond donors (Lipinski definition) is 1. The summed E-state index contributed by atoms with van der Waals surface area (Å²) >= 11 is 3.49. The van der Waals surface area contributed by atoms with Crippen LogP contribution in [0.4, 0.5) is 5.69 Å². The lowest BCUT2D eigenvalue weighted by atomic mass is 10.1. The molecule has 3 heteroatoms. The van der Waals surface area contributed by atoms with Crippen LogP contribution < -0.4 is 4.90 Å². The first-order valence-electron chi connectivity index (χ1n) is 6.27. The molecule has 1 atom stereocenters. The van der Waals surface area contributed by atoms with E-state index in [1.807, 2.05) is 18.2 Å². The van der Waals surface area contributed by atoms with Crippen LogP contribution >= 0.6 is 15.9 Å². The number of rotatable bonds is 5. The summed E-state index contributed by atoms with van der Waals surface area (Å²) in [4.78, 5) is 2.20. The third kappa shape index (κ3) is 3.28. The van der Waals surface area contributed by atoms with Crippen LogP contribution in [0.25, 0.3) is 0 Å². The number of aliphatic hydroxyl groups excluding tert-OH is 1. The van der Waals surface area contributed by atoms with E-state index in [4.69, 9.17) is 6.42 Å². The highest BCUT2D eigenvalue weighted by molar-refractivity contribution is 9.10. The van der Waals surface area contributed by atoms with E-state index in [1.54, 1.807) is 6.92 Å². The van der Waals surface area contributed by atoms with Gasteiger partial charge in [0.15, 0.2) is 0 Å². The van der Waals surface area contributed by atoms with Gasteiger partial charge < -0.3 is 10.0 Å². The molecule has 1 aromatic rings. The molecule has 0 aliphatic heterocycles. The smallest absolute Gasteiger partial charge is 0.0791 e. The van der Waals surface area contributed by atoms with E-state index in [1.165, 1.54) is 12.8 Å². The van der Waals surface area contributed by atoms with Crippen LogP contribution in [0.2, 0.25) is 0 Å². The summed E-state index contributed by atoms with van der Waals surface area (Å²) in [6.45, 7) is 3.37. The molecule has 1 aliphatic rings. The molecule has 0 aromatic heterocycles. The third-order valence-electron chi connectivity index (χ3n) is 3.24. The van der Waals surface area contributed by atoms with Gasteiger partial charge in [-0.2, -0.15) is 0 Å². The molecular weight excluding hydrogens is 290 g/mol. The lowest BCUT2D eigenvalue weighted by Gasteiger charge is -2.26. The van der Waals surface area contributed by atoms with Crippen molar-refractivity contribution in [1.29, 1.82) is 0 Å². The van der Waals surface area contributed by atoms with E-state index >= 15 is 0 Å². The van der Waals surface area contributed by atoms with Gasteiger partial charge in [-0.3, -0.25) is 0 Å². The largest absolute Gasteiger partial charge is 0.389 e. The molecule has 0 radical (unpaired) electrons. The molecule has 1 fully saturated rings. The van der Waals surface area contributed by atoms with Crippen LogP contribution in [0.1, 0.15) is 31.4 Å². The van der Waals surface area contributed by atoms with Crippen molar-refractivity contribution < 1.29 is 5.11 Å². The zero-order valence-electron chi connectivity index (χ0n) is 10.6. The quantitative estimate of drug-likeness (QED) is 0.843. The van der Waals surface area contributed by atoms with Gasteiger partial charge in [0, 0.05) is 22.3 Å². The van der Waals surface area contributed by atoms with Gasteiger partial charge in [0.1, 0.15) is 0 Å². The van der Waals surface area contributed by atoms with E-state index in [2.05, 4.69) is 26.8 Å². The van der Waals surface area contributed by atoms with Crippen molar-refractivity contribution in [3.8, 4) is 12.3 Å². The second-order valence-electron chi connectivity index (χ2n) is 4.91. The van der Waals surface area contributed by atoms with Gasteiger partial charge in [-0.25, -0.2) is 0 Å². The second kappa shape index (κ2) is 5.77. The Kier molecular flexibility index (Phi) is 4.31. The standard InChI is InChI=1S/C15H18BrNO/c1-3-8-17(10-12-4-5-12)15-9-13(16)6-7-14(15)11(2)18/h1,6-7,9,11-12,18H,4-5,8,10H2,2H3. The molecule has 0 bridgehead atoms. The van der Waals surface area contributed by atoms with E-state index in [0.717, 1.165) is 28.2 Å². The van der Waals surface area contributed by atoms with Crippen LogP contribution in [0.3, 0.4) is 0 Å². The summed E-state index contributed by atoms with van der Waals surface area (Å²) in [5.41, 5.74) is 1.98. The van der Waals surface area contributed by atoms with E-state index in [-0.39, 0.29) is 0 Å². The van der Waals surface area contributed by atoms with Crippen LogP contribution in [0.15, 0.2) is 22.7 Å². The van der Waals surface area contributed by atoms with Crippen molar-refractivity contribution in [2.24, 2.45) is 5.92 Å². The van der Waals surface area contributed by atoms with Gasteiger partial charge in [0.05, 0.1) is 12.6 Å². The summed E-state index contributed by atoms with van der Waals surface area (Å²) in [5, 5.41) is 9.87.